The minimum absolute atomic E-state index is 0.0136. The summed E-state index contributed by atoms with van der Waals surface area (Å²) in [7, 11) is 0. The van der Waals surface area contributed by atoms with E-state index in [4.69, 9.17) is 25.8 Å². The quantitative estimate of drug-likeness (QED) is 0.0945. The van der Waals surface area contributed by atoms with Crippen LogP contribution < -0.4 is 19.5 Å². The fourth-order valence-corrected chi connectivity index (χ4v) is 7.25. The zero-order valence-corrected chi connectivity index (χ0v) is 31.7. The number of carbonyl (C=O) groups is 1. The topological polar surface area (TPSA) is 157 Å². The molecule has 0 radical (unpaired) electrons. The maximum atomic E-state index is 16.1. The lowest BCUT2D eigenvalue weighted by atomic mass is 9.93. The number of carboxylic acids is 1. The second-order valence-electron chi connectivity index (χ2n) is 14.4. The van der Waals surface area contributed by atoms with Crippen LogP contribution in [0.3, 0.4) is 0 Å². The van der Waals surface area contributed by atoms with Crippen molar-refractivity contribution in [1.82, 2.24) is 15.2 Å². The third-order valence-electron chi connectivity index (χ3n) is 10.4. The molecule has 1 saturated heterocycles. The Balaban J connectivity index is 1.22. The van der Waals surface area contributed by atoms with Crippen molar-refractivity contribution >= 4 is 17.6 Å². The molecule has 3 atom stereocenters. The Labute approximate surface area is 325 Å². The number of alkyl halides is 1. The number of carboxylic acid groups (broad SMARTS) is 1. The summed E-state index contributed by atoms with van der Waals surface area (Å²) in [6.45, 7) is 5.95. The van der Waals surface area contributed by atoms with E-state index in [1.54, 1.807) is 24.4 Å². The Morgan fingerprint density at radius 1 is 1.09 bits per heavy atom. The van der Waals surface area contributed by atoms with Crippen LogP contribution in [0.1, 0.15) is 65.7 Å². The molecule has 0 bridgehead atoms. The van der Waals surface area contributed by atoms with Gasteiger partial charge in [0.15, 0.2) is 6.10 Å². The van der Waals surface area contributed by atoms with Gasteiger partial charge in [0.05, 0.1) is 29.9 Å². The molecule has 0 unspecified atom stereocenters. The monoisotopic (exact) mass is 772 g/mol. The maximum absolute atomic E-state index is 16.1. The van der Waals surface area contributed by atoms with E-state index >= 15 is 4.39 Å². The van der Waals surface area contributed by atoms with Crippen molar-refractivity contribution in [1.29, 1.82) is 5.26 Å². The standard InChI is InChI=1S/C42H46ClFN4O7/c1-26-31(6-4-9-37(26)53-15-5-12-48-13-10-30(50)11-14-48)32-7-3-8-33-34(32)18-36(44)40(33)55-39-19-38(54-24-28-16-27(20-45)21-46-22-28)29(17-35(39)43)23-47-42(2,25-49)41(51)52/h3-4,6-9,16-17,19,21-22,30,36,40,47,49-50H,5,10-15,18,23-25H2,1-2H3,(H,51,52)/t36-,40+,42-/m0/s1. The fourth-order valence-electron chi connectivity index (χ4n) is 7.02. The van der Waals surface area contributed by atoms with Gasteiger partial charge in [-0.3, -0.25) is 15.1 Å². The van der Waals surface area contributed by atoms with Crippen molar-refractivity contribution in [2.24, 2.45) is 0 Å². The zero-order valence-electron chi connectivity index (χ0n) is 30.9. The molecule has 0 amide bonds. The first-order valence-corrected chi connectivity index (χ1v) is 18.8. The molecule has 1 aromatic heterocycles. The second kappa shape index (κ2) is 17.8. The highest BCUT2D eigenvalue weighted by Crippen LogP contribution is 2.45. The van der Waals surface area contributed by atoms with Crippen LogP contribution in [-0.2, 0) is 24.4 Å². The predicted molar refractivity (Wildman–Crippen MR) is 205 cm³/mol. The minimum atomic E-state index is -1.64. The predicted octanol–water partition coefficient (Wildman–Crippen LogP) is 6.33. The number of hydrogen-bond acceptors (Lipinski definition) is 10. The van der Waals surface area contributed by atoms with Gasteiger partial charge in [-0.2, -0.15) is 5.26 Å². The zero-order chi connectivity index (χ0) is 39.1. The SMILES string of the molecule is Cc1c(OCCCN2CCC(O)CC2)cccc1-c1cccc2c1C[C@H](F)[C@@H]2Oc1cc(OCc2cncc(C#N)c2)c(CN[C@@](C)(CO)C(=O)O)cc1Cl. The van der Waals surface area contributed by atoms with E-state index in [0.29, 0.717) is 28.9 Å². The number of piperidine rings is 1. The number of nitrogens with one attached hydrogen (secondary N) is 1. The lowest BCUT2D eigenvalue weighted by Crippen LogP contribution is -2.52. The van der Waals surface area contributed by atoms with E-state index < -0.39 is 30.4 Å². The summed E-state index contributed by atoms with van der Waals surface area (Å²) in [6.07, 6.45) is 3.06. The summed E-state index contributed by atoms with van der Waals surface area (Å²) < 4.78 is 34.8. The van der Waals surface area contributed by atoms with E-state index in [0.717, 1.165) is 66.9 Å². The van der Waals surface area contributed by atoms with Crippen LogP contribution in [0.25, 0.3) is 11.1 Å². The molecule has 55 heavy (non-hydrogen) atoms. The summed E-state index contributed by atoms with van der Waals surface area (Å²) in [5, 5.41) is 41.6. The normalized spacial score (nSPS) is 18.3. The highest BCUT2D eigenvalue weighted by atomic mass is 35.5. The molecule has 3 aromatic carbocycles. The molecule has 13 heteroatoms. The first-order chi connectivity index (χ1) is 26.5. The number of ether oxygens (including phenoxy) is 3. The van der Waals surface area contributed by atoms with Crippen molar-refractivity contribution < 1.29 is 38.7 Å². The third-order valence-corrected chi connectivity index (χ3v) is 10.7. The first kappa shape index (κ1) is 39.9. The van der Waals surface area contributed by atoms with Crippen molar-refractivity contribution in [3.05, 3.63) is 105 Å². The van der Waals surface area contributed by atoms with Crippen LogP contribution >= 0.6 is 11.6 Å². The number of aliphatic hydroxyl groups excluding tert-OH is 2. The molecule has 11 nitrogen and oxygen atoms in total. The summed E-state index contributed by atoms with van der Waals surface area (Å²) in [5.41, 5.74) is 4.15. The number of aromatic nitrogens is 1. The fraction of sp³-hybridized carbons (Fsp3) is 0.405. The largest absolute Gasteiger partial charge is 0.493 e. The molecular formula is C42H46ClFN4O7. The van der Waals surface area contributed by atoms with Gasteiger partial charge in [0, 0.05) is 62.2 Å². The molecule has 0 spiro atoms. The van der Waals surface area contributed by atoms with Crippen molar-refractivity contribution in [3.63, 3.8) is 0 Å². The average Bonchev–Trinajstić information content (AvgIpc) is 3.51. The molecule has 1 aliphatic carbocycles. The van der Waals surface area contributed by atoms with Gasteiger partial charge in [0.25, 0.3) is 0 Å². The minimum Gasteiger partial charge on any atom is -0.493 e. The van der Waals surface area contributed by atoms with Gasteiger partial charge in [-0.15, -0.1) is 0 Å². The number of hydrogen-bond donors (Lipinski definition) is 4. The van der Waals surface area contributed by atoms with Gasteiger partial charge >= 0.3 is 5.97 Å². The number of rotatable bonds is 16. The van der Waals surface area contributed by atoms with Crippen molar-refractivity contribution in [2.45, 2.75) is 76.6 Å². The van der Waals surface area contributed by atoms with Crippen molar-refractivity contribution in [2.75, 3.05) is 32.8 Å². The van der Waals surface area contributed by atoms with Crippen LogP contribution in [0.5, 0.6) is 17.2 Å². The highest BCUT2D eigenvalue weighted by Gasteiger charge is 2.37. The second-order valence-corrected chi connectivity index (χ2v) is 14.8. The molecule has 4 N–H and O–H groups in total. The molecule has 0 saturated carbocycles. The van der Waals surface area contributed by atoms with Gasteiger partial charge < -0.3 is 34.4 Å². The number of nitrogens with zero attached hydrogens (tertiary/aromatic N) is 3. The van der Waals surface area contributed by atoms with Gasteiger partial charge in [0.2, 0.25) is 0 Å². The van der Waals surface area contributed by atoms with Gasteiger partial charge in [-0.05, 0) is 79.1 Å². The molecule has 2 aliphatic rings. The molecule has 6 rings (SSSR count). The number of fused-ring (bicyclic) bond motifs is 1. The van der Waals surface area contributed by atoms with E-state index in [2.05, 4.69) is 15.2 Å². The summed E-state index contributed by atoms with van der Waals surface area (Å²) >= 11 is 6.76. The Bertz CT molecular complexity index is 2040. The molecule has 2 heterocycles. The lowest BCUT2D eigenvalue weighted by molar-refractivity contribution is -0.145. The Hall–Kier alpha value is -4.77. The summed E-state index contributed by atoms with van der Waals surface area (Å²) in [4.78, 5) is 18.3. The Morgan fingerprint density at radius 3 is 2.60 bits per heavy atom. The van der Waals surface area contributed by atoms with Crippen LogP contribution in [0.15, 0.2) is 67.0 Å². The molecule has 1 aliphatic heterocycles. The van der Waals surface area contributed by atoms with Crippen LogP contribution in [0.2, 0.25) is 5.02 Å². The van der Waals surface area contributed by atoms with Crippen LogP contribution in [-0.4, -0.2) is 81.8 Å². The van der Waals surface area contributed by atoms with E-state index in [-0.39, 0.29) is 42.2 Å². The van der Waals surface area contributed by atoms with Gasteiger partial charge in [0.1, 0.15) is 41.6 Å². The maximum Gasteiger partial charge on any atom is 0.326 e. The van der Waals surface area contributed by atoms with Crippen LogP contribution in [0.4, 0.5) is 4.39 Å². The van der Waals surface area contributed by atoms with Crippen molar-refractivity contribution in [3.8, 4) is 34.4 Å². The van der Waals surface area contributed by atoms with E-state index in [9.17, 15) is 25.4 Å². The third kappa shape index (κ3) is 9.37. The molecular weight excluding hydrogens is 727 g/mol. The number of likely N-dealkylation sites (tertiary alicyclic amines) is 1. The summed E-state index contributed by atoms with van der Waals surface area (Å²) in [5.74, 6) is -0.00900. The number of aliphatic hydroxyl groups is 2. The number of nitriles is 1. The van der Waals surface area contributed by atoms with Gasteiger partial charge in [-0.25, -0.2) is 4.39 Å². The number of halogens is 2. The number of aliphatic carboxylic acids is 1. The molecule has 290 valence electrons. The number of pyridine rings is 1. The van der Waals surface area contributed by atoms with Gasteiger partial charge in [-0.1, -0.05) is 41.9 Å². The van der Waals surface area contributed by atoms with Crippen LogP contribution in [0, 0.1) is 18.3 Å². The lowest BCUT2D eigenvalue weighted by Gasteiger charge is -2.29. The highest BCUT2D eigenvalue weighted by molar-refractivity contribution is 6.32. The molecule has 4 aromatic rings. The Kier molecular flexibility index (Phi) is 12.9. The first-order valence-electron chi connectivity index (χ1n) is 18.4. The molecule has 1 fully saturated rings. The summed E-state index contributed by atoms with van der Waals surface area (Å²) in [6, 6.07) is 18.4. The van der Waals surface area contributed by atoms with E-state index in [1.165, 1.54) is 13.1 Å². The van der Waals surface area contributed by atoms with E-state index in [1.807, 2.05) is 49.4 Å². The smallest absolute Gasteiger partial charge is 0.326 e. The number of benzene rings is 3. The average molecular weight is 773 g/mol. The Morgan fingerprint density at radius 2 is 1.85 bits per heavy atom.